The van der Waals surface area contributed by atoms with Crippen molar-refractivity contribution in [3.05, 3.63) is 60.7 Å². The van der Waals surface area contributed by atoms with Crippen LogP contribution in [0.1, 0.15) is 16.9 Å². The average molecular weight is 504 g/mol. The third-order valence-electron chi connectivity index (χ3n) is 6.10. The SMILES string of the molecule is NC(=O)c1nn(CC(=O)N2CC(F)CC2C(=O)Nc2cccnc2O)c2ccc(-c3ccnnc3)cc12. The number of primary amides is 1. The predicted octanol–water partition coefficient (Wildman–Crippen LogP) is 1.27. The molecule has 3 amide bonds. The molecule has 188 valence electrons. The van der Waals surface area contributed by atoms with Crippen LogP contribution in [-0.4, -0.2) is 71.4 Å². The van der Waals surface area contributed by atoms with Crippen LogP contribution in [-0.2, 0) is 16.1 Å². The minimum absolute atomic E-state index is 0.0298. The number of carbonyl (C=O) groups is 3. The number of rotatable bonds is 6. The van der Waals surface area contributed by atoms with Crippen molar-refractivity contribution in [3.63, 3.8) is 0 Å². The summed E-state index contributed by atoms with van der Waals surface area (Å²) < 4.78 is 15.6. The van der Waals surface area contributed by atoms with Crippen molar-refractivity contribution in [2.45, 2.75) is 25.2 Å². The molecular formula is C24H21FN8O4. The molecule has 4 N–H and O–H groups in total. The van der Waals surface area contributed by atoms with Crippen molar-refractivity contribution in [3.8, 4) is 17.0 Å². The molecule has 4 heterocycles. The van der Waals surface area contributed by atoms with Gasteiger partial charge in [-0.15, -0.1) is 0 Å². The molecule has 13 heteroatoms. The number of halogens is 1. The number of amides is 3. The third kappa shape index (κ3) is 4.66. The smallest absolute Gasteiger partial charge is 0.269 e. The van der Waals surface area contributed by atoms with Gasteiger partial charge in [0.05, 0.1) is 24.5 Å². The van der Waals surface area contributed by atoms with Crippen LogP contribution in [0.25, 0.3) is 22.0 Å². The largest absolute Gasteiger partial charge is 0.492 e. The number of hydrogen-bond donors (Lipinski definition) is 3. The van der Waals surface area contributed by atoms with Crippen LogP contribution >= 0.6 is 0 Å². The fourth-order valence-corrected chi connectivity index (χ4v) is 4.36. The highest BCUT2D eigenvalue weighted by Crippen LogP contribution is 2.28. The molecule has 2 unspecified atom stereocenters. The first-order chi connectivity index (χ1) is 17.8. The average Bonchev–Trinajstić information content (AvgIpc) is 3.46. The third-order valence-corrected chi connectivity index (χ3v) is 6.10. The van der Waals surface area contributed by atoms with Gasteiger partial charge >= 0.3 is 0 Å². The quantitative estimate of drug-likeness (QED) is 0.353. The lowest BCUT2D eigenvalue weighted by Gasteiger charge is -2.23. The Bertz CT molecular complexity index is 1510. The maximum atomic E-state index is 14.3. The van der Waals surface area contributed by atoms with E-state index in [1.54, 1.807) is 30.5 Å². The molecule has 4 aromatic rings. The molecule has 1 aliphatic heterocycles. The van der Waals surface area contributed by atoms with Crippen molar-refractivity contribution < 1.29 is 23.9 Å². The second-order valence-corrected chi connectivity index (χ2v) is 8.49. The van der Waals surface area contributed by atoms with E-state index in [0.717, 1.165) is 16.0 Å². The number of nitrogens with two attached hydrogens (primary N) is 1. The molecule has 3 aromatic heterocycles. The van der Waals surface area contributed by atoms with Gasteiger partial charge in [0.1, 0.15) is 24.4 Å². The standard InChI is InChI=1S/C24H21FN8O4/c25-15-9-19(24(37)30-17-2-1-6-27-23(17)36)32(11-15)20(34)12-33-18-4-3-13(14-5-7-28-29-10-14)8-16(18)21(31-33)22(26)35/h1-8,10,15,19H,9,11-12H2,(H2,26,35)(H,27,36)(H,30,37). The van der Waals surface area contributed by atoms with E-state index >= 15 is 0 Å². The number of benzene rings is 1. The number of aromatic nitrogens is 5. The van der Waals surface area contributed by atoms with Gasteiger partial charge in [-0.05, 0) is 35.9 Å². The van der Waals surface area contributed by atoms with Crippen LogP contribution in [0.3, 0.4) is 0 Å². The normalized spacial score (nSPS) is 17.2. The van der Waals surface area contributed by atoms with Gasteiger partial charge in [-0.2, -0.15) is 15.3 Å². The maximum absolute atomic E-state index is 14.3. The minimum Gasteiger partial charge on any atom is -0.492 e. The highest BCUT2D eigenvalue weighted by molar-refractivity contribution is 6.05. The van der Waals surface area contributed by atoms with E-state index in [0.29, 0.717) is 10.9 Å². The van der Waals surface area contributed by atoms with Gasteiger partial charge in [0.25, 0.3) is 5.91 Å². The Morgan fingerprint density at radius 1 is 1.14 bits per heavy atom. The van der Waals surface area contributed by atoms with Crippen LogP contribution in [0.15, 0.2) is 55.0 Å². The van der Waals surface area contributed by atoms with Gasteiger partial charge in [0.2, 0.25) is 17.7 Å². The zero-order valence-electron chi connectivity index (χ0n) is 19.3. The lowest BCUT2D eigenvalue weighted by Crippen LogP contribution is -2.44. The van der Waals surface area contributed by atoms with E-state index in [1.165, 1.54) is 29.2 Å². The molecular weight excluding hydrogens is 483 g/mol. The number of aromatic hydroxyl groups is 1. The van der Waals surface area contributed by atoms with Gasteiger partial charge < -0.3 is 21.1 Å². The molecule has 5 rings (SSSR count). The Morgan fingerprint density at radius 3 is 2.70 bits per heavy atom. The van der Waals surface area contributed by atoms with E-state index in [1.807, 2.05) is 0 Å². The Morgan fingerprint density at radius 2 is 1.97 bits per heavy atom. The highest BCUT2D eigenvalue weighted by atomic mass is 19.1. The van der Waals surface area contributed by atoms with Gasteiger partial charge in [-0.25, -0.2) is 9.37 Å². The zero-order chi connectivity index (χ0) is 26.1. The fourth-order valence-electron chi connectivity index (χ4n) is 4.36. The summed E-state index contributed by atoms with van der Waals surface area (Å²) in [5.74, 6) is -2.40. The van der Waals surface area contributed by atoms with Crippen LogP contribution in [0, 0.1) is 0 Å². The van der Waals surface area contributed by atoms with Gasteiger partial charge in [0, 0.05) is 23.6 Å². The number of anilines is 1. The van der Waals surface area contributed by atoms with E-state index < -0.39 is 35.8 Å². The second-order valence-electron chi connectivity index (χ2n) is 8.49. The molecule has 1 fully saturated rings. The lowest BCUT2D eigenvalue weighted by molar-refractivity contribution is -0.137. The number of pyridine rings is 1. The van der Waals surface area contributed by atoms with Crippen molar-refractivity contribution >= 4 is 34.3 Å². The highest BCUT2D eigenvalue weighted by Gasteiger charge is 2.40. The summed E-state index contributed by atoms with van der Waals surface area (Å²) in [6.07, 6.45) is 2.84. The monoisotopic (exact) mass is 504 g/mol. The van der Waals surface area contributed by atoms with Crippen molar-refractivity contribution in [2.75, 3.05) is 11.9 Å². The van der Waals surface area contributed by atoms with E-state index in [9.17, 15) is 23.9 Å². The van der Waals surface area contributed by atoms with Crippen LogP contribution < -0.4 is 11.1 Å². The molecule has 2 atom stereocenters. The van der Waals surface area contributed by atoms with Crippen LogP contribution in [0.5, 0.6) is 5.88 Å². The molecule has 1 saturated heterocycles. The summed E-state index contributed by atoms with van der Waals surface area (Å²) in [6, 6.07) is 8.77. The molecule has 0 bridgehead atoms. The molecule has 0 spiro atoms. The van der Waals surface area contributed by atoms with E-state index in [2.05, 4.69) is 25.6 Å². The zero-order valence-corrected chi connectivity index (χ0v) is 19.3. The maximum Gasteiger partial charge on any atom is 0.269 e. The number of alkyl halides is 1. The number of nitrogens with zero attached hydrogens (tertiary/aromatic N) is 6. The molecule has 1 aliphatic rings. The Labute approximate surface area is 208 Å². The summed E-state index contributed by atoms with van der Waals surface area (Å²) in [6.45, 7) is -0.633. The number of nitrogens with one attached hydrogen (secondary N) is 1. The Kier molecular flexibility index (Phi) is 6.17. The number of carbonyl (C=O) groups excluding carboxylic acids is 3. The number of fused-ring (bicyclic) bond motifs is 1. The second kappa shape index (κ2) is 9.60. The van der Waals surface area contributed by atoms with Crippen molar-refractivity contribution in [1.82, 2.24) is 29.9 Å². The van der Waals surface area contributed by atoms with Crippen molar-refractivity contribution in [2.24, 2.45) is 5.73 Å². The summed E-state index contributed by atoms with van der Waals surface area (Å²) in [5.41, 5.74) is 7.52. The first-order valence-electron chi connectivity index (χ1n) is 11.3. The lowest BCUT2D eigenvalue weighted by atomic mass is 10.0. The fraction of sp³-hybridized carbons (Fsp3) is 0.208. The van der Waals surface area contributed by atoms with Crippen LogP contribution in [0.2, 0.25) is 0 Å². The molecule has 0 aliphatic carbocycles. The molecule has 12 nitrogen and oxygen atoms in total. The van der Waals surface area contributed by atoms with E-state index in [-0.39, 0.29) is 30.9 Å². The Balaban J connectivity index is 1.41. The number of likely N-dealkylation sites (tertiary alicyclic amines) is 1. The van der Waals surface area contributed by atoms with Gasteiger partial charge in [-0.3, -0.25) is 19.1 Å². The van der Waals surface area contributed by atoms with Gasteiger partial charge in [-0.1, -0.05) is 6.07 Å². The number of hydrogen-bond acceptors (Lipinski definition) is 8. The van der Waals surface area contributed by atoms with Crippen molar-refractivity contribution in [1.29, 1.82) is 0 Å². The summed E-state index contributed by atoms with van der Waals surface area (Å²) in [5, 5.41) is 24.6. The summed E-state index contributed by atoms with van der Waals surface area (Å²) in [4.78, 5) is 43.0. The summed E-state index contributed by atoms with van der Waals surface area (Å²) in [7, 11) is 0. The first-order valence-corrected chi connectivity index (χ1v) is 11.3. The Hall–Kier alpha value is -4.94. The summed E-state index contributed by atoms with van der Waals surface area (Å²) >= 11 is 0. The molecule has 0 saturated carbocycles. The first kappa shape index (κ1) is 23.8. The molecule has 37 heavy (non-hydrogen) atoms. The topological polar surface area (TPSA) is 169 Å². The van der Waals surface area contributed by atoms with E-state index in [4.69, 9.17) is 5.73 Å². The molecule has 1 aromatic carbocycles. The predicted molar refractivity (Wildman–Crippen MR) is 129 cm³/mol. The van der Waals surface area contributed by atoms with Crippen LogP contribution in [0.4, 0.5) is 10.1 Å². The van der Waals surface area contributed by atoms with Gasteiger partial charge in [0.15, 0.2) is 5.69 Å². The minimum atomic E-state index is -1.41. The molecule has 0 radical (unpaired) electrons.